The molecule has 1 rings (SSSR count). The van der Waals surface area contributed by atoms with Crippen molar-refractivity contribution in [2.45, 2.75) is 45.6 Å². The molecule has 1 amide bonds. The summed E-state index contributed by atoms with van der Waals surface area (Å²) in [5.41, 5.74) is 0. The molecular formula is C11H20N4O2. The van der Waals surface area contributed by atoms with Gasteiger partial charge in [-0.15, -0.1) is 5.10 Å². The Hall–Kier alpha value is -1.43. The summed E-state index contributed by atoms with van der Waals surface area (Å²) < 4.78 is 0. The van der Waals surface area contributed by atoms with Crippen molar-refractivity contribution in [1.29, 1.82) is 0 Å². The summed E-state index contributed by atoms with van der Waals surface area (Å²) in [5.74, 6) is 0.822. The zero-order chi connectivity index (χ0) is 12.8. The SMILES string of the molecule is CC(O)CCCNC(=O)c1n[nH]c(C(C)C)n1. The van der Waals surface area contributed by atoms with Gasteiger partial charge in [0, 0.05) is 12.5 Å². The zero-order valence-corrected chi connectivity index (χ0v) is 10.5. The van der Waals surface area contributed by atoms with E-state index < -0.39 is 0 Å². The highest BCUT2D eigenvalue weighted by molar-refractivity contribution is 5.90. The van der Waals surface area contributed by atoms with E-state index in [-0.39, 0.29) is 23.8 Å². The number of carbonyl (C=O) groups excluding carboxylic acids is 1. The van der Waals surface area contributed by atoms with E-state index in [2.05, 4.69) is 20.5 Å². The molecule has 0 spiro atoms. The predicted molar refractivity (Wildman–Crippen MR) is 63.7 cm³/mol. The molecule has 0 bridgehead atoms. The first-order chi connectivity index (χ1) is 8.00. The summed E-state index contributed by atoms with van der Waals surface area (Å²) in [4.78, 5) is 15.7. The first-order valence-corrected chi connectivity index (χ1v) is 5.89. The summed E-state index contributed by atoms with van der Waals surface area (Å²) >= 11 is 0. The Morgan fingerprint density at radius 2 is 2.18 bits per heavy atom. The van der Waals surface area contributed by atoms with Crippen molar-refractivity contribution in [2.75, 3.05) is 6.54 Å². The molecule has 0 aromatic carbocycles. The van der Waals surface area contributed by atoms with Crippen LogP contribution in [0.4, 0.5) is 0 Å². The van der Waals surface area contributed by atoms with Crippen LogP contribution in [-0.4, -0.2) is 38.8 Å². The molecule has 0 fully saturated rings. The molecule has 1 unspecified atom stereocenters. The van der Waals surface area contributed by atoms with E-state index in [1.165, 1.54) is 0 Å². The lowest BCUT2D eigenvalue weighted by molar-refractivity contribution is 0.0939. The molecule has 0 aliphatic carbocycles. The number of carbonyl (C=O) groups is 1. The van der Waals surface area contributed by atoms with Gasteiger partial charge in [-0.3, -0.25) is 9.89 Å². The molecule has 3 N–H and O–H groups in total. The zero-order valence-electron chi connectivity index (χ0n) is 10.5. The monoisotopic (exact) mass is 240 g/mol. The van der Waals surface area contributed by atoms with Crippen molar-refractivity contribution in [1.82, 2.24) is 20.5 Å². The van der Waals surface area contributed by atoms with Gasteiger partial charge in [0.1, 0.15) is 5.82 Å². The Morgan fingerprint density at radius 3 is 2.71 bits per heavy atom. The average molecular weight is 240 g/mol. The van der Waals surface area contributed by atoms with Gasteiger partial charge >= 0.3 is 0 Å². The number of nitrogens with zero attached hydrogens (tertiary/aromatic N) is 2. The summed E-state index contributed by atoms with van der Waals surface area (Å²) in [5, 5.41) is 18.4. The van der Waals surface area contributed by atoms with Crippen LogP contribution in [0.5, 0.6) is 0 Å². The molecule has 1 aromatic heterocycles. The number of rotatable bonds is 6. The molecule has 1 aromatic rings. The number of aromatic amines is 1. The van der Waals surface area contributed by atoms with Gasteiger partial charge in [-0.1, -0.05) is 13.8 Å². The largest absolute Gasteiger partial charge is 0.393 e. The second-order valence-corrected chi connectivity index (χ2v) is 4.45. The Kier molecular flexibility index (Phi) is 5.09. The fraction of sp³-hybridized carbons (Fsp3) is 0.727. The Bertz CT molecular complexity index is 360. The second-order valence-electron chi connectivity index (χ2n) is 4.45. The van der Waals surface area contributed by atoms with E-state index in [1.54, 1.807) is 6.92 Å². The molecule has 17 heavy (non-hydrogen) atoms. The molecule has 0 aliphatic rings. The smallest absolute Gasteiger partial charge is 0.290 e. The van der Waals surface area contributed by atoms with Crippen molar-refractivity contribution in [3.63, 3.8) is 0 Å². The van der Waals surface area contributed by atoms with Gasteiger partial charge in [0.05, 0.1) is 6.10 Å². The number of H-pyrrole nitrogens is 1. The van der Waals surface area contributed by atoms with Crippen LogP contribution in [0.1, 0.15) is 56.0 Å². The van der Waals surface area contributed by atoms with Gasteiger partial charge in [0.2, 0.25) is 5.82 Å². The minimum absolute atomic E-state index is 0.172. The normalized spacial score (nSPS) is 12.8. The second kappa shape index (κ2) is 6.34. The third kappa shape index (κ3) is 4.52. The van der Waals surface area contributed by atoms with E-state index in [0.29, 0.717) is 18.8 Å². The first kappa shape index (κ1) is 13.6. The van der Waals surface area contributed by atoms with Crippen LogP contribution in [0.3, 0.4) is 0 Å². The lowest BCUT2D eigenvalue weighted by Gasteiger charge is -2.04. The predicted octanol–water partition coefficient (Wildman–Crippen LogP) is 0.819. The molecule has 6 nitrogen and oxygen atoms in total. The van der Waals surface area contributed by atoms with Crippen molar-refractivity contribution >= 4 is 5.91 Å². The van der Waals surface area contributed by atoms with Crippen LogP contribution in [0.15, 0.2) is 0 Å². The number of aliphatic hydroxyl groups is 1. The molecule has 6 heteroatoms. The summed E-state index contributed by atoms with van der Waals surface area (Å²) in [6.07, 6.45) is 1.08. The van der Waals surface area contributed by atoms with Crippen LogP contribution >= 0.6 is 0 Å². The average Bonchev–Trinajstić information content (AvgIpc) is 2.73. The van der Waals surface area contributed by atoms with Crippen LogP contribution < -0.4 is 5.32 Å². The molecule has 1 atom stereocenters. The third-order valence-electron chi connectivity index (χ3n) is 2.34. The van der Waals surface area contributed by atoms with Crippen LogP contribution in [0, 0.1) is 0 Å². The molecule has 0 aliphatic heterocycles. The highest BCUT2D eigenvalue weighted by atomic mass is 16.3. The molecule has 0 saturated carbocycles. The number of hydrogen-bond donors (Lipinski definition) is 3. The number of aliphatic hydroxyl groups excluding tert-OH is 1. The molecule has 0 radical (unpaired) electrons. The van der Waals surface area contributed by atoms with Crippen molar-refractivity contribution in [3.8, 4) is 0 Å². The topological polar surface area (TPSA) is 90.9 Å². The van der Waals surface area contributed by atoms with E-state index in [4.69, 9.17) is 5.11 Å². The van der Waals surface area contributed by atoms with Crippen molar-refractivity contribution < 1.29 is 9.90 Å². The standard InChI is InChI=1S/C11H20N4O2/c1-7(2)9-13-10(15-14-9)11(17)12-6-4-5-8(3)16/h7-8,16H,4-6H2,1-3H3,(H,12,17)(H,13,14,15). The Balaban J connectivity index is 2.36. The third-order valence-corrected chi connectivity index (χ3v) is 2.34. The van der Waals surface area contributed by atoms with Gasteiger partial charge < -0.3 is 10.4 Å². The Morgan fingerprint density at radius 1 is 1.47 bits per heavy atom. The number of amides is 1. The maximum Gasteiger partial charge on any atom is 0.290 e. The van der Waals surface area contributed by atoms with Gasteiger partial charge in [-0.2, -0.15) is 0 Å². The number of nitrogens with one attached hydrogen (secondary N) is 2. The van der Waals surface area contributed by atoms with Gasteiger partial charge in [0.15, 0.2) is 0 Å². The van der Waals surface area contributed by atoms with Gasteiger partial charge in [0.25, 0.3) is 5.91 Å². The van der Waals surface area contributed by atoms with Crippen LogP contribution in [0.25, 0.3) is 0 Å². The molecule has 1 heterocycles. The van der Waals surface area contributed by atoms with Crippen molar-refractivity contribution in [2.24, 2.45) is 0 Å². The lowest BCUT2D eigenvalue weighted by atomic mass is 10.2. The van der Waals surface area contributed by atoms with Gasteiger partial charge in [-0.05, 0) is 19.8 Å². The van der Waals surface area contributed by atoms with E-state index >= 15 is 0 Å². The highest BCUT2D eigenvalue weighted by Gasteiger charge is 2.13. The van der Waals surface area contributed by atoms with Crippen molar-refractivity contribution in [3.05, 3.63) is 11.6 Å². The van der Waals surface area contributed by atoms with Crippen LogP contribution in [0.2, 0.25) is 0 Å². The number of aromatic nitrogens is 3. The highest BCUT2D eigenvalue weighted by Crippen LogP contribution is 2.07. The fourth-order valence-corrected chi connectivity index (χ4v) is 1.31. The Labute approximate surface area is 101 Å². The first-order valence-electron chi connectivity index (χ1n) is 5.89. The minimum atomic E-state index is -0.331. The summed E-state index contributed by atoms with van der Waals surface area (Å²) in [7, 11) is 0. The summed E-state index contributed by atoms with van der Waals surface area (Å²) in [6.45, 7) is 6.21. The van der Waals surface area contributed by atoms with E-state index in [9.17, 15) is 4.79 Å². The maximum atomic E-state index is 11.6. The molecule has 0 saturated heterocycles. The fourth-order valence-electron chi connectivity index (χ4n) is 1.31. The molecular weight excluding hydrogens is 220 g/mol. The minimum Gasteiger partial charge on any atom is -0.393 e. The lowest BCUT2D eigenvalue weighted by Crippen LogP contribution is -2.26. The van der Waals surface area contributed by atoms with Crippen LogP contribution in [-0.2, 0) is 0 Å². The molecule has 96 valence electrons. The van der Waals surface area contributed by atoms with Gasteiger partial charge in [-0.25, -0.2) is 4.98 Å². The quantitative estimate of drug-likeness (QED) is 0.642. The summed E-state index contributed by atoms with van der Waals surface area (Å²) in [6, 6.07) is 0. The van der Waals surface area contributed by atoms with E-state index in [0.717, 1.165) is 6.42 Å². The van der Waals surface area contributed by atoms with E-state index in [1.807, 2.05) is 13.8 Å². The maximum absolute atomic E-state index is 11.6. The number of hydrogen-bond acceptors (Lipinski definition) is 4.